The smallest absolute Gasteiger partial charge is 0.235 e. The van der Waals surface area contributed by atoms with E-state index in [2.05, 4.69) is 42.4 Å². The van der Waals surface area contributed by atoms with Crippen molar-refractivity contribution in [3.63, 3.8) is 0 Å². The summed E-state index contributed by atoms with van der Waals surface area (Å²) in [6.45, 7) is 8.87. The van der Waals surface area contributed by atoms with Gasteiger partial charge in [-0.2, -0.15) is 5.26 Å². The molecule has 0 saturated heterocycles. The SMILES string of the molecule is Cc1ccc(-c2nnc(SCC(=O)Nc3sc4c(c3C#N)CC[C@H](C(C)(C)C)C4)n2C)cc1. The van der Waals surface area contributed by atoms with Crippen LogP contribution >= 0.6 is 23.1 Å². The van der Waals surface area contributed by atoms with E-state index in [9.17, 15) is 10.1 Å². The first kappa shape index (κ1) is 23.5. The third-order valence-electron chi connectivity index (χ3n) is 6.33. The Kier molecular flexibility index (Phi) is 6.64. The Morgan fingerprint density at radius 2 is 2.03 bits per heavy atom. The van der Waals surface area contributed by atoms with E-state index in [0.717, 1.165) is 36.2 Å². The fraction of sp³-hybridized carbons (Fsp3) is 0.440. The molecular weight excluding hydrogens is 450 g/mol. The van der Waals surface area contributed by atoms with Crippen LogP contribution in [0.1, 0.15) is 48.8 Å². The molecule has 0 bridgehead atoms. The minimum Gasteiger partial charge on any atom is -0.316 e. The lowest BCUT2D eigenvalue weighted by atomic mass is 9.72. The summed E-state index contributed by atoms with van der Waals surface area (Å²) >= 11 is 2.91. The number of hydrogen-bond donors (Lipinski definition) is 1. The largest absolute Gasteiger partial charge is 0.316 e. The molecule has 1 N–H and O–H groups in total. The molecule has 1 amide bonds. The maximum absolute atomic E-state index is 12.7. The summed E-state index contributed by atoms with van der Waals surface area (Å²) < 4.78 is 1.90. The number of thiophene rings is 1. The molecule has 4 rings (SSSR count). The quantitative estimate of drug-likeness (QED) is 0.481. The number of amides is 1. The summed E-state index contributed by atoms with van der Waals surface area (Å²) in [5, 5.41) is 22.7. The molecule has 0 spiro atoms. The number of hydrogen-bond acceptors (Lipinski definition) is 6. The number of benzene rings is 1. The Balaban J connectivity index is 1.43. The van der Waals surface area contributed by atoms with E-state index in [0.29, 0.717) is 21.6 Å². The van der Waals surface area contributed by atoms with E-state index >= 15 is 0 Å². The van der Waals surface area contributed by atoms with Gasteiger partial charge in [0.1, 0.15) is 11.1 Å². The highest BCUT2D eigenvalue weighted by atomic mass is 32.2. The van der Waals surface area contributed by atoms with Crippen molar-refractivity contribution < 1.29 is 4.79 Å². The molecule has 33 heavy (non-hydrogen) atoms. The fourth-order valence-corrected chi connectivity index (χ4v) is 6.22. The highest BCUT2D eigenvalue weighted by Gasteiger charge is 2.32. The molecule has 1 aliphatic rings. The zero-order chi connectivity index (χ0) is 23.8. The van der Waals surface area contributed by atoms with E-state index in [1.54, 1.807) is 11.3 Å². The molecule has 6 nitrogen and oxygen atoms in total. The minimum atomic E-state index is -0.137. The van der Waals surface area contributed by atoms with Crippen molar-refractivity contribution in [3.05, 3.63) is 45.8 Å². The summed E-state index contributed by atoms with van der Waals surface area (Å²) in [5.41, 5.74) is 4.18. The maximum atomic E-state index is 12.7. The van der Waals surface area contributed by atoms with Crippen LogP contribution in [0.15, 0.2) is 29.4 Å². The van der Waals surface area contributed by atoms with Gasteiger partial charge in [-0.15, -0.1) is 21.5 Å². The number of anilines is 1. The van der Waals surface area contributed by atoms with Gasteiger partial charge in [-0.3, -0.25) is 4.79 Å². The first-order valence-electron chi connectivity index (χ1n) is 11.1. The predicted octanol–water partition coefficient (Wildman–Crippen LogP) is 5.61. The van der Waals surface area contributed by atoms with Crippen LogP contribution in [-0.2, 0) is 24.7 Å². The van der Waals surface area contributed by atoms with Gasteiger partial charge < -0.3 is 9.88 Å². The third-order valence-corrected chi connectivity index (χ3v) is 8.52. The van der Waals surface area contributed by atoms with Crippen molar-refractivity contribution in [2.45, 2.75) is 52.1 Å². The number of nitriles is 1. The number of rotatable bonds is 5. The molecule has 2 aromatic heterocycles. The van der Waals surface area contributed by atoms with Crippen LogP contribution in [0.2, 0.25) is 0 Å². The van der Waals surface area contributed by atoms with Crippen molar-refractivity contribution in [3.8, 4) is 17.5 Å². The van der Waals surface area contributed by atoms with Crippen LogP contribution in [-0.4, -0.2) is 26.4 Å². The molecule has 172 valence electrons. The summed E-state index contributed by atoms with van der Waals surface area (Å²) in [5.74, 6) is 1.43. The number of carbonyl (C=O) groups is 1. The molecule has 8 heteroatoms. The average molecular weight is 480 g/mol. The number of thioether (sulfide) groups is 1. The second-order valence-electron chi connectivity index (χ2n) is 9.69. The Morgan fingerprint density at radius 1 is 1.30 bits per heavy atom. The lowest BCUT2D eigenvalue weighted by Crippen LogP contribution is -2.26. The van der Waals surface area contributed by atoms with Crippen LogP contribution in [0.25, 0.3) is 11.4 Å². The predicted molar refractivity (Wildman–Crippen MR) is 135 cm³/mol. The summed E-state index contributed by atoms with van der Waals surface area (Å²) in [6.07, 6.45) is 2.96. The summed E-state index contributed by atoms with van der Waals surface area (Å²) in [6, 6.07) is 10.5. The van der Waals surface area contributed by atoms with Crippen LogP contribution in [0.5, 0.6) is 0 Å². The van der Waals surface area contributed by atoms with Crippen LogP contribution in [0.4, 0.5) is 5.00 Å². The molecule has 0 radical (unpaired) electrons. The van der Waals surface area contributed by atoms with E-state index in [4.69, 9.17) is 0 Å². The van der Waals surface area contributed by atoms with Crippen LogP contribution in [0.3, 0.4) is 0 Å². The van der Waals surface area contributed by atoms with Gasteiger partial charge in [-0.25, -0.2) is 0 Å². The number of aryl methyl sites for hydroxylation is 1. The normalized spacial score (nSPS) is 15.7. The first-order valence-corrected chi connectivity index (χ1v) is 12.9. The second kappa shape index (κ2) is 9.32. The summed E-state index contributed by atoms with van der Waals surface area (Å²) in [4.78, 5) is 14.0. The fourth-order valence-electron chi connectivity index (χ4n) is 4.22. The average Bonchev–Trinajstić information content (AvgIpc) is 3.31. The van der Waals surface area contributed by atoms with Crippen molar-refractivity contribution in [1.82, 2.24) is 14.8 Å². The Hall–Kier alpha value is -2.63. The lowest BCUT2D eigenvalue weighted by Gasteiger charge is -2.33. The van der Waals surface area contributed by atoms with Gasteiger partial charge in [0, 0.05) is 17.5 Å². The van der Waals surface area contributed by atoms with Crippen molar-refractivity contribution in [2.75, 3.05) is 11.1 Å². The topological polar surface area (TPSA) is 83.6 Å². The number of carbonyl (C=O) groups excluding carboxylic acids is 1. The zero-order valence-corrected chi connectivity index (χ0v) is 21.4. The Morgan fingerprint density at radius 3 is 2.70 bits per heavy atom. The van der Waals surface area contributed by atoms with E-state index in [1.807, 2.05) is 42.8 Å². The van der Waals surface area contributed by atoms with E-state index in [1.165, 1.54) is 22.2 Å². The van der Waals surface area contributed by atoms with Gasteiger partial charge in [0.25, 0.3) is 0 Å². The van der Waals surface area contributed by atoms with Crippen molar-refractivity contribution in [1.29, 1.82) is 5.26 Å². The maximum Gasteiger partial charge on any atom is 0.235 e. The highest BCUT2D eigenvalue weighted by molar-refractivity contribution is 7.99. The van der Waals surface area contributed by atoms with Gasteiger partial charge >= 0.3 is 0 Å². The standard InChI is InChI=1S/C25H29N5OS2/c1-15-6-8-16(9-7-15)22-28-29-24(30(22)5)32-14-21(31)27-23-19(13-26)18-11-10-17(25(2,3)4)12-20(18)33-23/h6-9,17H,10-12,14H2,1-5H3,(H,27,31)/t17-/m0/s1. The van der Waals surface area contributed by atoms with Crippen molar-refractivity contribution >= 4 is 34.0 Å². The lowest BCUT2D eigenvalue weighted by molar-refractivity contribution is -0.113. The second-order valence-corrected chi connectivity index (χ2v) is 11.7. The number of nitrogens with zero attached hydrogens (tertiary/aromatic N) is 4. The molecule has 0 saturated carbocycles. The summed E-state index contributed by atoms with van der Waals surface area (Å²) in [7, 11) is 1.90. The van der Waals surface area contributed by atoms with Gasteiger partial charge in [0.15, 0.2) is 11.0 Å². The molecule has 3 aromatic rings. The molecule has 0 unspecified atom stereocenters. The van der Waals surface area contributed by atoms with Crippen LogP contribution < -0.4 is 5.32 Å². The van der Waals surface area contributed by atoms with E-state index in [-0.39, 0.29) is 17.1 Å². The molecule has 2 heterocycles. The molecule has 0 aliphatic heterocycles. The number of fused-ring (bicyclic) bond motifs is 1. The Bertz CT molecular complexity index is 1210. The first-order chi connectivity index (χ1) is 15.7. The molecule has 1 aromatic carbocycles. The van der Waals surface area contributed by atoms with Gasteiger partial charge in [-0.1, -0.05) is 62.4 Å². The number of nitrogens with one attached hydrogen (secondary N) is 1. The molecular formula is C25H29N5OS2. The van der Waals surface area contributed by atoms with Crippen LogP contribution in [0, 0.1) is 29.6 Å². The van der Waals surface area contributed by atoms with Gasteiger partial charge in [-0.05, 0) is 43.1 Å². The van der Waals surface area contributed by atoms with Gasteiger partial charge in [0.2, 0.25) is 5.91 Å². The minimum absolute atomic E-state index is 0.137. The van der Waals surface area contributed by atoms with E-state index < -0.39 is 0 Å². The number of aromatic nitrogens is 3. The monoisotopic (exact) mass is 479 g/mol. The molecule has 1 aliphatic carbocycles. The third kappa shape index (κ3) is 4.99. The van der Waals surface area contributed by atoms with Crippen molar-refractivity contribution in [2.24, 2.45) is 18.4 Å². The highest BCUT2D eigenvalue weighted by Crippen LogP contribution is 2.44. The Labute approximate surface area is 203 Å². The molecule has 0 fully saturated rings. The zero-order valence-electron chi connectivity index (χ0n) is 19.7. The van der Waals surface area contributed by atoms with Gasteiger partial charge in [0.05, 0.1) is 11.3 Å². The molecule has 1 atom stereocenters.